The van der Waals surface area contributed by atoms with Crippen molar-refractivity contribution < 1.29 is 28.2 Å². The number of rotatable bonds is 9. The van der Waals surface area contributed by atoms with Crippen LogP contribution in [0, 0.1) is 0 Å². The van der Waals surface area contributed by atoms with Crippen LogP contribution >= 0.6 is 11.6 Å². The fourth-order valence-corrected chi connectivity index (χ4v) is 5.62. The summed E-state index contributed by atoms with van der Waals surface area (Å²) in [5, 5.41) is 0.274. The number of oxazole rings is 1. The van der Waals surface area contributed by atoms with E-state index in [-0.39, 0.29) is 29.1 Å². The summed E-state index contributed by atoms with van der Waals surface area (Å²) in [7, 11) is 3.27. The quantitative estimate of drug-likeness (QED) is 0.267. The van der Waals surface area contributed by atoms with Crippen molar-refractivity contribution in [2.24, 2.45) is 7.05 Å². The highest BCUT2D eigenvalue weighted by molar-refractivity contribution is 6.34. The number of benzene rings is 2. The molecule has 10 nitrogen and oxygen atoms in total. The molecule has 0 bridgehead atoms. The summed E-state index contributed by atoms with van der Waals surface area (Å²) >= 11 is 6.84. The number of carbonyl (C=O) groups excluding carboxylic acids is 2. The van der Waals surface area contributed by atoms with Crippen LogP contribution in [0.4, 0.5) is 4.79 Å². The summed E-state index contributed by atoms with van der Waals surface area (Å²) in [6.45, 7) is 11.3. The lowest BCUT2D eigenvalue weighted by Crippen LogP contribution is -2.54. The Morgan fingerprint density at radius 3 is 2.58 bits per heavy atom. The second-order valence-corrected chi connectivity index (χ2v) is 12.6. The average molecular weight is 616 g/mol. The number of fused-ring (bicyclic) bond motifs is 1. The number of ether oxygens (including phenoxy) is 3. The molecule has 0 radical (unpaired) electrons. The van der Waals surface area contributed by atoms with E-state index in [2.05, 4.69) is 0 Å². The SMILES string of the molecule is COCCCOc1cc(C(=O)N(C(C)C)[C@@H]2CCCN(C(=O)OC(C)(C)C)C2)c(Cl)cc1-c1ccc2oc(=O)n(C)c2c1. The van der Waals surface area contributed by atoms with Crippen LogP contribution in [0.25, 0.3) is 22.2 Å². The van der Waals surface area contributed by atoms with Gasteiger partial charge in [0.25, 0.3) is 5.91 Å². The molecule has 0 saturated carbocycles. The van der Waals surface area contributed by atoms with Crippen LogP contribution in [0.1, 0.15) is 64.2 Å². The zero-order chi connectivity index (χ0) is 31.5. The first-order valence-corrected chi connectivity index (χ1v) is 15.0. The summed E-state index contributed by atoms with van der Waals surface area (Å²) in [5.74, 6) is -0.208. The maximum Gasteiger partial charge on any atom is 0.419 e. The first kappa shape index (κ1) is 32.4. The van der Waals surface area contributed by atoms with Gasteiger partial charge in [-0.3, -0.25) is 9.36 Å². The van der Waals surface area contributed by atoms with Crippen LogP contribution in [-0.2, 0) is 16.5 Å². The molecule has 0 unspecified atom stereocenters. The minimum atomic E-state index is -0.608. The Morgan fingerprint density at radius 1 is 1.16 bits per heavy atom. The summed E-state index contributed by atoms with van der Waals surface area (Å²) in [5.41, 5.74) is 2.24. The van der Waals surface area contributed by atoms with Crippen molar-refractivity contribution in [2.75, 3.05) is 33.4 Å². The Labute approximate surface area is 257 Å². The number of methoxy groups -OCH3 is 1. The Balaban J connectivity index is 1.69. The van der Waals surface area contributed by atoms with Crippen LogP contribution in [-0.4, -0.2) is 77.5 Å². The lowest BCUT2D eigenvalue weighted by Gasteiger charge is -2.41. The molecule has 43 heavy (non-hydrogen) atoms. The first-order valence-electron chi connectivity index (χ1n) is 14.7. The monoisotopic (exact) mass is 615 g/mol. The number of hydrogen-bond acceptors (Lipinski definition) is 7. The normalized spacial score (nSPS) is 15.7. The second kappa shape index (κ2) is 13.4. The van der Waals surface area contributed by atoms with E-state index in [9.17, 15) is 14.4 Å². The van der Waals surface area contributed by atoms with E-state index in [1.54, 1.807) is 42.2 Å². The molecule has 1 aliphatic heterocycles. The summed E-state index contributed by atoms with van der Waals surface area (Å²) in [6.07, 6.45) is 1.77. The molecular formula is C32H42ClN3O7. The molecule has 2 heterocycles. The van der Waals surface area contributed by atoms with Crippen molar-refractivity contribution in [1.29, 1.82) is 0 Å². The molecule has 1 aliphatic rings. The molecule has 1 fully saturated rings. The van der Waals surface area contributed by atoms with E-state index >= 15 is 0 Å². The smallest absolute Gasteiger partial charge is 0.419 e. The van der Waals surface area contributed by atoms with Gasteiger partial charge in [-0.1, -0.05) is 17.7 Å². The van der Waals surface area contributed by atoms with Crippen LogP contribution < -0.4 is 10.5 Å². The lowest BCUT2D eigenvalue weighted by atomic mass is 9.98. The molecule has 0 spiro atoms. The van der Waals surface area contributed by atoms with Gasteiger partial charge in [-0.15, -0.1) is 0 Å². The third-order valence-electron chi connectivity index (χ3n) is 7.38. The van der Waals surface area contributed by atoms with Crippen molar-refractivity contribution in [1.82, 2.24) is 14.4 Å². The summed E-state index contributed by atoms with van der Waals surface area (Å²) in [6, 6.07) is 8.45. The molecule has 0 N–H and O–H groups in total. The van der Waals surface area contributed by atoms with Gasteiger partial charge in [0.15, 0.2) is 5.58 Å². The van der Waals surface area contributed by atoms with Crippen molar-refractivity contribution in [3.05, 3.63) is 51.5 Å². The highest BCUT2D eigenvalue weighted by atomic mass is 35.5. The van der Waals surface area contributed by atoms with Crippen molar-refractivity contribution in [3.8, 4) is 16.9 Å². The fourth-order valence-electron chi connectivity index (χ4n) is 5.38. The average Bonchev–Trinajstić information content (AvgIpc) is 3.23. The van der Waals surface area contributed by atoms with Crippen molar-refractivity contribution >= 4 is 34.7 Å². The predicted octanol–water partition coefficient (Wildman–Crippen LogP) is 6.12. The van der Waals surface area contributed by atoms with Crippen molar-refractivity contribution in [2.45, 2.75) is 71.6 Å². The molecule has 2 aromatic carbocycles. The number of piperidine rings is 1. The number of nitrogens with zero attached hydrogens (tertiary/aromatic N) is 3. The second-order valence-electron chi connectivity index (χ2n) is 12.2. The molecule has 1 atom stereocenters. The molecule has 1 saturated heterocycles. The van der Waals surface area contributed by atoms with Crippen LogP contribution in [0.15, 0.2) is 39.5 Å². The maximum atomic E-state index is 14.2. The number of aryl methyl sites for hydroxylation is 1. The molecule has 3 aromatic rings. The third kappa shape index (κ3) is 7.54. The molecule has 1 aromatic heterocycles. The van der Waals surface area contributed by atoms with E-state index in [0.717, 1.165) is 18.4 Å². The zero-order valence-corrected chi connectivity index (χ0v) is 26.8. The number of likely N-dealkylation sites (tertiary alicyclic amines) is 1. The fraction of sp³-hybridized carbons (Fsp3) is 0.531. The van der Waals surface area contributed by atoms with Gasteiger partial charge in [-0.05, 0) is 77.3 Å². The van der Waals surface area contributed by atoms with Gasteiger partial charge in [0, 0.05) is 51.9 Å². The number of aromatic nitrogens is 1. The largest absolute Gasteiger partial charge is 0.493 e. The van der Waals surface area contributed by atoms with Crippen LogP contribution in [0.3, 0.4) is 0 Å². The standard InChI is InChI=1S/C32H42ClN3O7/c1-20(2)36(22-10-8-13-35(19-22)31(39)43-32(3,4)5)29(37)24-18-28(41-15-9-14-40-7)23(17-25(24)33)21-11-12-27-26(16-21)34(6)30(38)42-27/h11-12,16-18,20,22H,8-10,13-15,19H2,1-7H3/t22-/m1/s1. The zero-order valence-electron chi connectivity index (χ0n) is 26.1. The third-order valence-corrected chi connectivity index (χ3v) is 7.70. The molecular weight excluding hydrogens is 574 g/mol. The summed E-state index contributed by atoms with van der Waals surface area (Å²) < 4.78 is 23.7. The Hall–Kier alpha value is -3.50. The van der Waals surface area contributed by atoms with Gasteiger partial charge in [0.05, 0.1) is 28.8 Å². The number of amides is 2. The van der Waals surface area contributed by atoms with Crippen molar-refractivity contribution in [3.63, 3.8) is 0 Å². The number of halogens is 1. The van der Waals surface area contributed by atoms with Gasteiger partial charge < -0.3 is 28.4 Å². The van der Waals surface area contributed by atoms with Crippen LogP contribution in [0.2, 0.25) is 5.02 Å². The first-order chi connectivity index (χ1) is 20.3. The van der Waals surface area contributed by atoms with Gasteiger partial charge >= 0.3 is 11.8 Å². The maximum absolute atomic E-state index is 14.2. The number of hydrogen-bond donors (Lipinski definition) is 0. The van der Waals surface area contributed by atoms with E-state index < -0.39 is 11.4 Å². The van der Waals surface area contributed by atoms with Gasteiger partial charge in [-0.2, -0.15) is 0 Å². The Morgan fingerprint density at radius 2 is 1.91 bits per heavy atom. The van der Waals surface area contributed by atoms with Gasteiger partial charge in [0.1, 0.15) is 11.4 Å². The van der Waals surface area contributed by atoms with E-state index in [4.69, 9.17) is 30.2 Å². The van der Waals surface area contributed by atoms with E-state index in [1.165, 1.54) is 4.57 Å². The molecule has 234 valence electrons. The highest BCUT2D eigenvalue weighted by Crippen LogP contribution is 2.37. The van der Waals surface area contributed by atoms with Gasteiger partial charge in [-0.25, -0.2) is 9.59 Å². The minimum Gasteiger partial charge on any atom is -0.493 e. The topological polar surface area (TPSA) is 103 Å². The summed E-state index contributed by atoms with van der Waals surface area (Å²) in [4.78, 5) is 42.6. The van der Waals surface area contributed by atoms with Gasteiger partial charge in [0.2, 0.25) is 0 Å². The Bertz CT molecular complexity index is 1520. The van der Waals surface area contributed by atoms with Crippen LogP contribution in [0.5, 0.6) is 5.75 Å². The molecule has 4 rings (SSSR count). The molecule has 2 amide bonds. The molecule has 11 heteroatoms. The van der Waals surface area contributed by atoms with E-state index in [1.807, 2.05) is 46.8 Å². The predicted molar refractivity (Wildman–Crippen MR) is 166 cm³/mol. The number of carbonyl (C=O) groups is 2. The Kier molecular flexibility index (Phi) is 10.1. The minimum absolute atomic E-state index is 0.150. The highest BCUT2D eigenvalue weighted by Gasteiger charge is 2.35. The van der Waals surface area contributed by atoms with E-state index in [0.29, 0.717) is 60.7 Å². The molecule has 0 aliphatic carbocycles. The lowest BCUT2D eigenvalue weighted by molar-refractivity contribution is 0.00752.